The molecule has 3 amide bonds. The molecule has 3 rings (SSSR count). The van der Waals surface area contributed by atoms with E-state index in [1.807, 2.05) is 0 Å². The minimum absolute atomic E-state index is 0.0505. The van der Waals surface area contributed by atoms with Gasteiger partial charge < -0.3 is 21.1 Å². The van der Waals surface area contributed by atoms with Crippen LogP contribution in [0.25, 0.3) is 0 Å². The molecule has 0 saturated carbocycles. The van der Waals surface area contributed by atoms with Gasteiger partial charge >= 0.3 is 18.4 Å². The Morgan fingerprint density at radius 3 is 2.17 bits per heavy atom. The number of carbonyl (C=O) groups excluding carboxylic acids is 2. The summed E-state index contributed by atoms with van der Waals surface area (Å²) in [5.74, 6) is -0.548. The Morgan fingerprint density at radius 2 is 1.69 bits per heavy atom. The van der Waals surface area contributed by atoms with Gasteiger partial charge in [-0.15, -0.1) is 0 Å². The molecule has 35 heavy (non-hydrogen) atoms. The van der Waals surface area contributed by atoms with Crippen molar-refractivity contribution in [2.75, 3.05) is 6.61 Å². The van der Waals surface area contributed by atoms with Crippen molar-refractivity contribution in [2.45, 2.75) is 49.8 Å². The highest BCUT2D eigenvalue weighted by Gasteiger charge is 2.42. The molecule has 0 bridgehead atoms. The number of piperidine rings is 1. The fraction of sp³-hybridized carbons (Fsp3) is 0.391. The zero-order valence-electron chi connectivity index (χ0n) is 18.5. The Kier molecular flexibility index (Phi) is 7.34. The molecule has 0 aromatic heterocycles. The Labute approximate surface area is 196 Å². The first-order valence-corrected chi connectivity index (χ1v) is 10.6. The standard InChI is InChI=1S/C23H23F6N3O3/c1-13(14-9-16(22(24,25)26)11-17(10-14)23(27,28)29)35-12-21(15-5-3-2-4-6-15)8-7-18(19(33)32-21)31-20(30)34/h2-6,9-11,13,18H,7-8,12H2,1H3,(H,32,33)(H3,30,31,34)/t13-,18?,21?/m1/s1. The van der Waals surface area contributed by atoms with Crippen LogP contribution in [-0.4, -0.2) is 24.6 Å². The minimum atomic E-state index is -4.99. The molecular weight excluding hydrogens is 480 g/mol. The third kappa shape index (κ3) is 6.24. The van der Waals surface area contributed by atoms with Crippen LogP contribution in [0.2, 0.25) is 0 Å². The average molecular weight is 503 g/mol. The lowest BCUT2D eigenvalue weighted by atomic mass is 9.81. The molecule has 1 heterocycles. The number of halogens is 6. The van der Waals surface area contributed by atoms with Crippen LogP contribution in [0, 0.1) is 0 Å². The molecule has 12 heteroatoms. The van der Waals surface area contributed by atoms with Crippen LogP contribution in [0.15, 0.2) is 48.5 Å². The van der Waals surface area contributed by atoms with Crippen LogP contribution in [0.3, 0.4) is 0 Å². The Balaban J connectivity index is 1.89. The first-order valence-electron chi connectivity index (χ1n) is 10.6. The van der Waals surface area contributed by atoms with Crippen LogP contribution >= 0.6 is 0 Å². The lowest BCUT2D eigenvalue weighted by molar-refractivity contribution is -0.143. The lowest BCUT2D eigenvalue weighted by Gasteiger charge is -2.41. The van der Waals surface area contributed by atoms with Crippen LogP contribution in [-0.2, 0) is 27.4 Å². The summed E-state index contributed by atoms with van der Waals surface area (Å²) in [6.45, 7) is 1.08. The topological polar surface area (TPSA) is 93.4 Å². The number of hydrogen-bond donors (Lipinski definition) is 3. The molecule has 6 nitrogen and oxygen atoms in total. The molecule has 4 N–H and O–H groups in total. The van der Waals surface area contributed by atoms with Crippen molar-refractivity contribution in [3.63, 3.8) is 0 Å². The molecule has 0 aliphatic carbocycles. The summed E-state index contributed by atoms with van der Waals surface area (Å²) in [5, 5.41) is 5.11. The monoisotopic (exact) mass is 503 g/mol. The van der Waals surface area contributed by atoms with Gasteiger partial charge in [-0.2, -0.15) is 26.3 Å². The summed E-state index contributed by atoms with van der Waals surface area (Å²) < 4.78 is 85.2. The maximum atomic E-state index is 13.2. The normalized spacial score (nSPS) is 21.8. The van der Waals surface area contributed by atoms with Gasteiger partial charge in [0.2, 0.25) is 5.91 Å². The fourth-order valence-corrected chi connectivity index (χ4v) is 3.96. The minimum Gasteiger partial charge on any atom is -0.371 e. The molecule has 3 atom stereocenters. The zero-order chi connectivity index (χ0) is 26.0. The van der Waals surface area contributed by atoms with Gasteiger partial charge in [-0.25, -0.2) is 4.79 Å². The number of rotatable bonds is 6. The van der Waals surface area contributed by atoms with E-state index in [1.54, 1.807) is 30.3 Å². The number of primary amides is 1. The number of hydrogen-bond acceptors (Lipinski definition) is 3. The number of nitrogens with one attached hydrogen (secondary N) is 2. The lowest BCUT2D eigenvalue weighted by Crippen LogP contribution is -2.61. The van der Waals surface area contributed by atoms with Crippen molar-refractivity contribution in [3.8, 4) is 0 Å². The average Bonchev–Trinajstić information content (AvgIpc) is 2.78. The highest BCUT2D eigenvalue weighted by atomic mass is 19.4. The smallest absolute Gasteiger partial charge is 0.371 e. The van der Waals surface area contributed by atoms with Crippen molar-refractivity contribution in [1.82, 2.24) is 10.6 Å². The Hall–Kier alpha value is -3.28. The van der Waals surface area contributed by atoms with Crippen molar-refractivity contribution >= 4 is 11.9 Å². The Bertz CT molecular complexity index is 1040. The summed E-state index contributed by atoms with van der Waals surface area (Å²) in [5.41, 5.74) is 1.39. The third-order valence-corrected chi connectivity index (χ3v) is 5.84. The quantitative estimate of drug-likeness (QED) is 0.502. The van der Waals surface area contributed by atoms with Crippen LogP contribution in [0.1, 0.15) is 48.1 Å². The SMILES string of the molecule is C[C@@H](OCC1(c2ccccc2)CCC(NC(N)=O)C(=O)N1)c1cc(C(F)(F)F)cc(C(F)(F)F)c1. The van der Waals surface area contributed by atoms with E-state index in [9.17, 15) is 35.9 Å². The molecule has 1 fully saturated rings. The van der Waals surface area contributed by atoms with E-state index in [2.05, 4.69) is 10.6 Å². The number of amides is 3. The number of carbonyl (C=O) groups is 2. The summed E-state index contributed by atoms with van der Waals surface area (Å²) >= 11 is 0. The van der Waals surface area contributed by atoms with Gasteiger partial charge in [0.15, 0.2) is 0 Å². The maximum Gasteiger partial charge on any atom is 0.416 e. The van der Waals surface area contributed by atoms with Gasteiger partial charge in [0, 0.05) is 0 Å². The fourth-order valence-electron chi connectivity index (χ4n) is 3.96. The zero-order valence-corrected chi connectivity index (χ0v) is 18.5. The molecule has 190 valence electrons. The molecule has 1 saturated heterocycles. The van der Waals surface area contributed by atoms with Gasteiger partial charge in [0.25, 0.3) is 0 Å². The van der Waals surface area contributed by atoms with Crippen molar-refractivity contribution in [3.05, 3.63) is 70.8 Å². The second-order valence-corrected chi connectivity index (χ2v) is 8.33. The Morgan fingerprint density at radius 1 is 1.11 bits per heavy atom. The number of nitrogens with two attached hydrogens (primary N) is 1. The molecule has 2 aromatic rings. The second kappa shape index (κ2) is 9.76. The third-order valence-electron chi connectivity index (χ3n) is 5.84. The number of alkyl halides is 6. The van der Waals surface area contributed by atoms with Crippen LogP contribution < -0.4 is 16.4 Å². The summed E-state index contributed by atoms with van der Waals surface area (Å²) in [6.07, 6.45) is -10.7. The molecule has 0 spiro atoms. The largest absolute Gasteiger partial charge is 0.416 e. The number of urea groups is 1. The van der Waals surface area contributed by atoms with Crippen molar-refractivity contribution in [1.29, 1.82) is 0 Å². The first kappa shape index (κ1) is 26.3. The van der Waals surface area contributed by atoms with Crippen molar-refractivity contribution < 1.29 is 40.7 Å². The van der Waals surface area contributed by atoms with Gasteiger partial charge in [-0.1, -0.05) is 30.3 Å². The summed E-state index contributed by atoms with van der Waals surface area (Å²) in [7, 11) is 0. The summed E-state index contributed by atoms with van der Waals surface area (Å²) in [6, 6.07) is 8.09. The van der Waals surface area contributed by atoms with Gasteiger partial charge in [-0.3, -0.25) is 4.79 Å². The van der Waals surface area contributed by atoms with Gasteiger partial charge in [-0.05, 0) is 49.1 Å². The first-order chi connectivity index (χ1) is 16.2. The number of benzene rings is 2. The predicted octanol–water partition coefficient (Wildman–Crippen LogP) is 4.64. The van der Waals surface area contributed by atoms with Gasteiger partial charge in [0.05, 0.1) is 29.4 Å². The van der Waals surface area contributed by atoms with E-state index in [0.717, 1.165) is 0 Å². The molecule has 2 aromatic carbocycles. The van der Waals surface area contributed by atoms with Gasteiger partial charge in [0.1, 0.15) is 6.04 Å². The van der Waals surface area contributed by atoms with E-state index in [4.69, 9.17) is 10.5 Å². The molecule has 1 aliphatic heterocycles. The molecule has 2 unspecified atom stereocenters. The maximum absolute atomic E-state index is 13.2. The number of ether oxygens (including phenoxy) is 1. The molecular formula is C23H23F6N3O3. The predicted molar refractivity (Wildman–Crippen MR) is 113 cm³/mol. The van der Waals surface area contributed by atoms with E-state index in [-0.39, 0.29) is 31.1 Å². The van der Waals surface area contributed by atoms with E-state index < -0.39 is 53.1 Å². The van der Waals surface area contributed by atoms with Crippen LogP contribution in [0.5, 0.6) is 0 Å². The van der Waals surface area contributed by atoms with E-state index in [0.29, 0.717) is 17.7 Å². The summed E-state index contributed by atoms with van der Waals surface area (Å²) in [4.78, 5) is 23.8. The van der Waals surface area contributed by atoms with Crippen molar-refractivity contribution in [2.24, 2.45) is 5.73 Å². The highest BCUT2D eigenvalue weighted by molar-refractivity contribution is 5.87. The highest BCUT2D eigenvalue weighted by Crippen LogP contribution is 2.39. The van der Waals surface area contributed by atoms with E-state index >= 15 is 0 Å². The molecule has 1 aliphatic rings. The van der Waals surface area contributed by atoms with Crippen LogP contribution in [0.4, 0.5) is 31.1 Å². The second-order valence-electron chi connectivity index (χ2n) is 8.33. The van der Waals surface area contributed by atoms with E-state index in [1.165, 1.54) is 6.92 Å². The molecule has 0 radical (unpaired) electrons.